The van der Waals surface area contributed by atoms with Crippen molar-refractivity contribution in [2.24, 2.45) is 0 Å². The van der Waals surface area contributed by atoms with Crippen LogP contribution in [0.5, 0.6) is 11.5 Å². The van der Waals surface area contributed by atoms with E-state index in [1.165, 1.54) is 0 Å². The van der Waals surface area contributed by atoms with Crippen LogP contribution in [0.25, 0.3) is 0 Å². The molecule has 1 atom stereocenters. The van der Waals surface area contributed by atoms with Gasteiger partial charge in [0.1, 0.15) is 17.3 Å². The number of methoxy groups -OCH3 is 3. The Morgan fingerprint density at radius 2 is 1.67 bits per heavy atom. The lowest BCUT2D eigenvalue weighted by molar-refractivity contribution is 0.302. The van der Waals surface area contributed by atoms with Crippen LogP contribution in [-0.4, -0.2) is 21.3 Å². The number of hydrogen-bond acceptors (Lipinski definition) is 3. The van der Waals surface area contributed by atoms with Gasteiger partial charge in [-0.05, 0) is 30.7 Å². The number of ether oxygens (including phenoxy) is 3. The van der Waals surface area contributed by atoms with Crippen LogP contribution in [0.3, 0.4) is 0 Å². The standard InChI is InChI=1S/C15H18O3/c1-16-12-9-7-11(8-10-12)15-13(17-2)5-4-6-14(15)18-3/h4-7,9-11H,8H2,1-3H3. The van der Waals surface area contributed by atoms with Crippen LogP contribution >= 0.6 is 0 Å². The number of rotatable bonds is 4. The molecule has 1 aromatic rings. The molecule has 0 radical (unpaired) electrons. The molecule has 0 N–H and O–H groups in total. The summed E-state index contributed by atoms with van der Waals surface area (Å²) in [5.41, 5.74) is 1.09. The van der Waals surface area contributed by atoms with Gasteiger partial charge >= 0.3 is 0 Å². The topological polar surface area (TPSA) is 27.7 Å². The zero-order chi connectivity index (χ0) is 13.0. The van der Waals surface area contributed by atoms with Crippen molar-refractivity contribution in [1.29, 1.82) is 0 Å². The largest absolute Gasteiger partial charge is 0.497 e. The van der Waals surface area contributed by atoms with Gasteiger partial charge in [-0.1, -0.05) is 12.1 Å². The molecule has 0 saturated heterocycles. The third-order valence-electron chi connectivity index (χ3n) is 3.14. The second kappa shape index (κ2) is 5.63. The van der Waals surface area contributed by atoms with Crippen LogP contribution in [0.2, 0.25) is 0 Å². The summed E-state index contributed by atoms with van der Waals surface area (Å²) in [5.74, 6) is 2.88. The van der Waals surface area contributed by atoms with Crippen molar-refractivity contribution in [2.45, 2.75) is 12.3 Å². The summed E-state index contributed by atoms with van der Waals surface area (Å²) >= 11 is 0. The van der Waals surface area contributed by atoms with E-state index in [4.69, 9.17) is 14.2 Å². The zero-order valence-electron chi connectivity index (χ0n) is 11.0. The molecule has 0 amide bonds. The van der Waals surface area contributed by atoms with Crippen LogP contribution in [0.1, 0.15) is 17.9 Å². The van der Waals surface area contributed by atoms with Crippen LogP contribution in [0.4, 0.5) is 0 Å². The normalized spacial score (nSPS) is 18.2. The summed E-state index contributed by atoms with van der Waals surface area (Å²) < 4.78 is 16.1. The number of hydrogen-bond donors (Lipinski definition) is 0. The van der Waals surface area contributed by atoms with Gasteiger partial charge in [-0.25, -0.2) is 0 Å². The van der Waals surface area contributed by atoms with E-state index in [1.807, 2.05) is 24.3 Å². The number of benzene rings is 1. The molecule has 0 heterocycles. The van der Waals surface area contributed by atoms with Crippen molar-refractivity contribution < 1.29 is 14.2 Å². The SMILES string of the molecule is COC1=CCC(c2c(OC)cccc2OC)C=C1. The minimum atomic E-state index is 0.259. The van der Waals surface area contributed by atoms with E-state index in [-0.39, 0.29) is 5.92 Å². The van der Waals surface area contributed by atoms with Crippen LogP contribution in [0.15, 0.2) is 42.2 Å². The lowest BCUT2D eigenvalue weighted by atomic mass is 9.90. The first-order chi connectivity index (χ1) is 8.80. The molecule has 18 heavy (non-hydrogen) atoms. The Labute approximate surface area is 108 Å². The van der Waals surface area contributed by atoms with E-state index >= 15 is 0 Å². The smallest absolute Gasteiger partial charge is 0.126 e. The van der Waals surface area contributed by atoms with Crippen molar-refractivity contribution in [1.82, 2.24) is 0 Å². The molecule has 1 aromatic carbocycles. The molecule has 0 aliphatic heterocycles. The fourth-order valence-electron chi connectivity index (χ4n) is 2.21. The van der Waals surface area contributed by atoms with E-state index in [0.29, 0.717) is 0 Å². The van der Waals surface area contributed by atoms with Gasteiger partial charge in [-0.2, -0.15) is 0 Å². The Kier molecular flexibility index (Phi) is 3.92. The van der Waals surface area contributed by atoms with Gasteiger partial charge < -0.3 is 14.2 Å². The highest BCUT2D eigenvalue weighted by atomic mass is 16.5. The van der Waals surface area contributed by atoms with Gasteiger partial charge in [0.2, 0.25) is 0 Å². The molecule has 0 fully saturated rings. The van der Waals surface area contributed by atoms with Crippen LogP contribution in [0, 0.1) is 0 Å². The Morgan fingerprint density at radius 1 is 1.00 bits per heavy atom. The molecule has 1 aliphatic rings. The van der Waals surface area contributed by atoms with Crippen molar-refractivity contribution in [3.05, 3.63) is 47.7 Å². The average Bonchev–Trinajstić information content (AvgIpc) is 2.46. The molecule has 2 rings (SSSR count). The van der Waals surface area contributed by atoms with E-state index in [2.05, 4.69) is 12.2 Å². The van der Waals surface area contributed by atoms with E-state index in [1.54, 1.807) is 21.3 Å². The molecule has 0 bridgehead atoms. The third kappa shape index (κ3) is 2.35. The summed E-state index contributed by atoms with van der Waals surface area (Å²) in [6.45, 7) is 0. The monoisotopic (exact) mass is 246 g/mol. The zero-order valence-corrected chi connectivity index (χ0v) is 11.0. The lowest BCUT2D eigenvalue weighted by Gasteiger charge is -2.21. The van der Waals surface area contributed by atoms with Crippen molar-refractivity contribution >= 4 is 0 Å². The van der Waals surface area contributed by atoms with Gasteiger partial charge in [-0.3, -0.25) is 0 Å². The molecule has 3 heteroatoms. The quantitative estimate of drug-likeness (QED) is 0.816. The van der Waals surface area contributed by atoms with Crippen molar-refractivity contribution in [2.75, 3.05) is 21.3 Å². The highest BCUT2D eigenvalue weighted by Gasteiger charge is 2.20. The van der Waals surface area contributed by atoms with Crippen molar-refractivity contribution in [3.8, 4) is 11.5 Å². The second-order valence-electron chi connectivity index (χ2n) is 4.09. The van der Waals surface area contributed by atoms with E-state index in [9.17, 15) is 0 Å². The number of allylic oxidation sites excluding steroid dienone is 3. The third-order valence-corrected chi connectivity index (χ3v) is 3.14. The first kappa shape index (κ1) is 12.6. The maximum absolute atomic E-state index is 5.43. The predicted molar refractivity (Wildman–Crippen MR) is 71.1 cm³/mol. The second-order valence-corrected chi connectivity index (χ2v) is 4.09. The molecular formula is C15H18O3. The summed E-state index contributed by atoms with van der Waals surface area (Å²) in [5, 5.41) is 0. The highest BCUT2D eigenvalue weighted by molar-refractivity contribution is 5.50. The first-order valence-electron chi connectivity index (χ1n) is 5.93. The fourth-order valence-corrected chi connectivity index (χ4v) is 2.21. The van der Waals surface area contributed by atoms with Gasteiger partial charge in [-0.15, -0.1) is 0 Å². The maximum Gasteiger partial charge on any atom is 0.126 e. The fraction of sp³-hybridized carbons (Fsp3) is 0.333. The maximum atomic E-state index is 5.43. The Bertz CT molecular complexity index is 452. The Morgan fingerprint density at radius 3 is 2.11 bits per heavy atom. The van der Waals surface area contributed by atoms with Gasteiger partial charge in [0.05, 0.1) is 21.3 Å². The summed E-state index contributed by atoms with van der Waals surface area (Å²) in [7, 11) is 5.04. The van der Waals surface area contributed by atoms with Gasteiger partial charge in [0, 0.05) is 11.5 Å². The summed E-state index contributed by atoms with van der Waals surface area (Å²) in [6, 6.07) is 5.85. The molecule has 0 spiro atoms. The van der Waals surface area contributed by atoms with E-state index in [0.717, 1.165) is 29.2 Å². The minimum absolute atomic E-state index is 0.259. The van der Waals surface area contributed by atoms with Crippen LogP contribution in [-0.2, 0) is 4.74 Å². The van der Waals surface area contributed by atoms with Gasteiger partial charge in [0.25, 0.3) is 0 Å². The minimum Gasteiger partial charge on any atom is -0.497 e. The highest BCUT2D eigenvalue weighted by Crippen LogP contribution is 2.39. The summed E-state index contributed by atoms with van der Waals surface area (Å²) in [6.07, 6.45) is 7.08. The Hall–Kier alpha value is -1.90. The molecule has 0 saturated carbocycles. The first-order valence-corrected chi connectivity index (χ1v) is 5.93. The lowest BCUT2D eigenvalue weighted by Crippen LogP contribution is -2.04. The summed E-state index contributed by atoms with van der Waals surface area (Å²) in [4.78, 5) is 0. The van der Waals surface area contributed by atoms with Gasteiger partial charge in [0.15, 0.2) is 0 Å². The van der Waals surface area contributed by atoms with Crippen molar-refractivity contribution in [3.63, 3.8) is 0 Å². The van der Waals surface area contributed by atoms with E-state index < -0.39 is 0 Å². The Balaban J connectivity index is 2.34. The average molecular weight is 246 g/mol. The molecule has 96 valence electrons. The molecular weight excluding hydrogens is 228 g/mol. The molecule has 3 nitrogen and oxygen atoms in total. The molecule has 1 aliphatic carbocycles. The van der Waals surface area contributed by atoms with Crippen LogP contribution < -0.4 is 9.47 Å². The predicted octanol–water partition coefficient (Wildman–Crippen LogP) is 3.28. The molecule has 1 unspecified atom stereocenters. The molecule has 0 aromatic heterocycles.